The number of rotatable bonds is 5. The van der Waals surface area contributed by atoms with Crippen molar-refractivity contribution in [3.05, 3.63) is 100 Å². The molecular formula is C29H27ClN2O3. The summed E-state index contributed by atoms with van der Waals surface area (Å²) >= 11 is 6.06. The van der Waals surface area contributed by atoms with Gasteiger partial charge in [-0.2, -0.15) is 5.10 Å². The minimum absolute atomic E-state index is 0.123. The predicted octanol–water partition coefficient (Wildman–Crippen LogP) is 6.79. The van der Waals surface area contributed by atoms with E-state index in [2.05, 4.69) is 6.08 Å². The van der Waals surface area contributed by atoms with Gasteiger partial charge in [0.2, 0.25) is 0 Å². The number of hydrogen-bond acceptors (Lipinski definition) is 4. The van der Waals surface area contributed by atoms with Crippen molar-refractivity contribution >= 4 is 29.3 Å². The number of methoxy groups -OCH3 is 2. The highest BCUT2D eigenvalue weighted by Gasteiger charge is 2.43. The lowest BCUT2D eigenvalue weighted by molar-refractivity contribution is 0.0681. The topological polar surface area (TPSA) is 51.1 Å². The van der Waals surface area contributed by atoms with Gasteiger partial charge in [0.15, 0.2) is 0 Å². The highest BCUT2D eigenvalue weighted by atomic mass is 35.5. The van der Waals surface area contributed by atoms with Gasteiger partial charge in [0, 0.05) is 16.5 Å². The van der Waals surface area contributed by atoms with Crippen molar-refractivity contribution < 1.29 is 14.3 Å². The van der Waals surface area contributed by atoms with Crippen molar-refractivity contribution in [2.45, 2.75) is 25.3 Å². The third-order valence-electron chi connectivity index (χ3n) is 6.71. The Balaban J connectivity index is 1.55. The number of hydrazone groups is 1. The smallest absolute Gasteiger partial charge is 0.274 e. The number of halogens is 1. The molecule has 3 aromatic rings. The summed E-state index contributed by atoms with van der Waals surface area (Å²) in [5.41, 5.74) is 4.87. The van der Waals surface area contributed by atoms with E-state index in [1.807, 2.05) is 48.5 Å². The van der Waals surface area contributed by atoms with Crippen LogP contribution in [0.5, 0.6) is 11.5 Å². The molecule has 0 radical (unpaired) electrons. The molecule has 3 aromatic carbocycles. The molecule has 0 saturated heterocycles. The molecule has 1 aliphatic carbocycles. The second-order valence-electron chi connectivity index (χ2n) is 8.80. The van der Waals surface area contributed by atoms with E-state index in [1.54, 1.807) is 43.5 Å². The van der Waals surface area contributed by atoms with Gasteiger partial charge in [-0.1, -0.05) is 35.9 Å². The molecule has 0 spiro atoms. The summed E-state index contributed by atoms with van der Waals surface area (Å²) in [5, 5.41) is 7.23. The van der Waals surface area contributed by atoms with Gasteiger partial charge in [-0.15, -0.1) is 0 Å². The number of benzene rings is 3. The summed E-state index contributed by atoms with van der Waals surface area (Å²) in [5.74, 6) is 1.60. The van der Waals surface area contributed by atoms with Crippen molar-refractivity contribution in [3.63, 3.8) is 0 Å². The third-order valence-corrected chi connectivity index (χ3v) is 6.97. The molecular weight excluding hydrogens is 460 g/mol. The first-order chi connectivity index (χ1) is 17.1. The quantitative estimate of drug-likeness (QED) is 0.398. The normalized spacial score (nSPS) is 20.4. The lowest BCUT2D eigenvalue weighted by atomic mass is 9.77. The standard InChI is InChI=1S/C29H27ClN2O3/c1-34-24-14-6-19(7-15-24)18-22-4-3-5-26-27(22)31-32(29(33)21-8-12-23(30)13-9-21)28(26)20-10-16-25(35-2)17-11-20/h6-18,26,28H,3-5H2,1-2H3/b22-18+/t26-,28+/m0/s1. The number of carbonyl (C=O) groups excluding carboxylic acids is 1. The van der Waals surface area contributed by atoms with Crippen LogP contribution in [0.3, 0.4) is 0 Å². The Morgan fingerprint density at radius 3 is 2.20 bits per heavy atom. The van der Waals surface area contributed by atoms with Crippen LogP contribution in [0, 0.1) is 5.92 Å². The SMILES string of the molecule is COc1ccc(/C=C2\CCC[C@H]3C2=NN(C(=O)c2ccc(Cl)cc2)[C@@H]3c2ccc(OC)cc2)cc1. The van der Waals surface area contributed by atoms with Crippen molar-refractivity contribution in [2.24, 2.45) is 11.0 Å². The molecule has 0 unspecified atom stereocenters. The lowest BCUT2D eigenvalue weighted by Gasteiger charge is -2.29. The van der Waals surface area contributed by atoms with Gasteiger partial charge >= 0.3 is 0 Å². The Morgan fingerprint density at radius 2 is 1.57 bits per heavy atom. The van der Waals surface area contributed by atoms with E-state index in [0.717, 1.165) is 47.6 Å². The van der Waals surface area contributed by atoms with Crippen LogP contribution >= 0.6 is 11.6 Å². The minimum atomic E-state index is -0.182. The van der Waals surface area contributed by atoms with E-state index in [4.69, 9.17) is 26.2 Å². The Bertz CT molecular complexity index is 1260. The van der Waals surface area contributed by atoms with Crippen LogP contribution in [0.1, 0.15) is 46.8 Å². The molecule has 35 heavy (non-hydrogen) atoms. The van der Waals surface area contributed by atoms with Crippen LogP contribution < -0.4 is 9.47 Å². The molecule has 2 atom stereocenters. The van der Waals surface area contributed by atoms with E-state index in [1.165, 1.54) is 5.57 Å². The monoisotopic (exact) mass is 486 g/mol. The maximum atomic E-state index is 13.7. The minimum Gasteiger partial charge on any atom is -0.497 e. The molecule has 178 valence electrons. The predicted molar refractivity (Wildman–Crippen MR) is 139 cm³/mol. The molecule has 5 nitrogen and oxygen atoms in total. The number of fused-ring (bicyclic) bond motifs is 1. The van der Waals surface area contributed by atoms with E-state index >= 15 is 0 Å². The number of hydrogen-bond donors (Lipinski definition) is 0. The molecule has 5 rings (SSSR count). The zero-order chi connectivity index (χ0) is 24.4. The fraction of sp³-hybridized carbons (Fsp3) is 0.241. The van der Waals surface area contributed by atoms with Gasteiger partial charge in [-0.05, 0) is 90.6 Å². The van der Waals surface area contributed by atoms with Crippen molar-refractivity contribution in [1.29, 1.82) is 0 Å². The average Bonchev–Trinajstić information content (AvgIpc) is 3.30. The van der Waals surface area contributed by atoms with Gasteiger partial charge in [0.05, 0.1) is 26.0 Å². The third kappa shape index (κ3) is 4.69. The van der Waals surface area contributed by atoms with E-state index in [9.17, 15) is 4.79 Å². The fourth-order valence-corrected chi connectivity index (χ4v) is 5.05. The highest BCUT2D eigenvalue weighted by molar-refractivity contribution is 6.30. The van der Waals surface area contributed by atoms with Crippen LogP contribution in [0.25, 0.3) is 6.08 Å². The van der Waals surface area contributed by atoms with Crippen molar-refractivity contribution in [3.8, 4) is 11.5 Å². The Labute approximate surface area is 210 Å². The zero-order valence-corrected chi connectivity index (χ0v) is 20.5. The Kier molecular flexibility index (Phi) is 6.60. The van der Waals surface area contributed by atoms with Gasteiger partial charge in [0.1, 0.15) is 11.5 Å². The molecule has 0 bridgehead atoms. The summed E-state index contributed by atoms with van der Waals surface area (Å²) in [6.07, 6.45) is 5.13. The van der Waals surface area contributed by atoms with E-state index < -0.39 is 0 Å². The molecule has 1 aliphatic heterocycles. The van der Waals surface area contributed by atoms with Crippen LogP contribution in [-0.2, 0) is 0 Å². The molecule has 1 saturated carbocycles. The van der Waals surface area contributed by atoms with E-state index in [0.29, 0.717) is 10.6 Å². The summed E-state index contributed by atoms with van der Waals surface area (Å²) in [7, 11) is 3.32. The first-order valence-electron chi connectivity index (χ1n) is 11.7. The van der Waals surface area contributed by atoms with Crippen molar-refractivity contribution in [1.82, 2.24) is 5.01 Å². The number of ether oxygens (including phenoxy) is 2. The number of amides is 1. The zero-order valence-electron chi connectivity index (χ0n) is 19.8. The van der Waals surface area contributed by atoms with Crippen LogP contribution in [0.4, 0.5) is 0 Å². The lowest BCUT2D eigenvalue weighted by Crippen LogP contribution is -2.31. The van der Waals surface area contributed by atoms with Gasteiger partial charge in [-0.25, -0.2) is 5.01 Å². The molecule has 1 fully saturated rings. The number of allylic oxidation sites excluding steroid dienone is 1. The summed E-state index contributed by atoms with van der Waals surface area (Å²) in [4.78, 5) is 13.7. The van der Waals surface area contributed by atoms with Crippen LogP contribution in [0.2, 0.25) is 5.02 Å². The largest absolute Gasteiger partial charge is 0.497 e. The fourth-order valence-electron chi connectivity index (χ4n) is 4.93. The maximum absolute atomic E-state index is 13.7. The molecule has 6 heteroatoms. The van der Waals surface area contributed by atoms with Gasteiger partial charge < -0.3 is 9.47 Å². The maximum Gasteiger partial charge on any atom is 0.274 e. The molecule has 0 aromatic heterocycles. The molecule has 0 N–H and O–H groups in total. The second kappa shape index (κ2) is 9.96. The first-order valence-corrected chi connectivity index (χ1v) is 12.1. The summed E-state index contributed by atoms with van der Waals surface area (Å²) in [6.45, 7) is 0. The Morgan fingerprint density at radius 1 is 0.943 bits per heavy atom. The summed E-state index contributed by atoms with van der Waals surface area (Å²) in [6, 6.07) is 22.8. The van der Waals surface area contributed by atoms with Gasteiger partial charge in [-0.3, -0.25) is 4.79 Å². The van der Waals surface area contributed by atoms with Crippen LogP contribution in [-0.4, -0.2) is 30.8 Å². The number of nitrogens with zero attached hydrogens (tertiary/aromatic N) is 2. The average molecular weight is 487 g/mol. The summed E-state index contributed by atoms with van der Waals surface area (Å²) < 4.78 is 10.6. The highest BCUT2D eigenvalue weighted by Crippen LogP contribution is 2.45. The molecule has 1 amide bonds. The second-order valence-corrected chi connectivity index (χ2v) is 9.24. The molecule has 1 heterocycles. The number of carbonyl (C=O) groups is 1. The van der Waals surface area contributed by atoms with Crippen LogP contribution in [0.15, 0.2) is 83.5 Å². The first kappa shape index (κ1) is 23.2. The van der Waals surface area contributed by atoms with E-state index in [-0.39, 0.29) is 17.9 Å². The van der Waals surface area contributed by atoms with Crippen molar-refractivity contribution in [2.75, 3.05) is 14.2 Å². The van der Waals surface area contributed by atoms with Gasteiger partial charge in [0.25, 0.3) is 5.91 Å². The Hall–Kier alpha value is -3.57. The molecule has 2 aliphatic rings.